The Bertz CT molecular complexity index is 661. The molecular weight excluding hydrogens is 274 g/mol. The monoisotopic (exact) mass is 287 g/mol. The topological polar surface area (TPSA) is 44.5 Å². The number of rotatable bonds is 4. The van der Waals surface area contributed by atoms with Crippen LogP contribution >= 0.6 is 11.8 Å². The molecule has 1 aromatic carbocycles. The predicted octanol–water partition coefficient (Wildman–Crippen LogP) is 3.85. The first-order valence-electron chi connectivity index (χ1n) is 6.10. The van der Waals surface area contributed by atoms with Gasteiger partial charge in [-0.15, -0.1) is 11.8 Å². The van der Waals surface area contributed by atoms with Crippen molar-refractivity contribution in [3.05, 3.63) is 47.7 Å². The summed E-state index contributed by atoms with van der Waals surface area (Å²) in [5.41, 5.74) is 1.06. The van der Waals surface area contributed by atoms with E-state index in [-0.39, 0.29) is 0 Å². The maximum absolute atomic E-state index is 5.33. The maximum atomic E-state index is 5.33. The largest absolute Gasteiger partial charge is 0.454 e. The summed E-state index contributed by atoms with van der Waals surface area (Å²) in [6.45, 7) is 0.297. The van der Waals surface area contributed by atoms with Gasteiger partial charge in [-0.3, -0.25) is 0 Å². The molecule has 20 heavy (non-hydrogen) atoms. The predicted molar refractivity (Wildman–Crippen MR) is 78.9 cm³/mol. The third-order valence-electron chi connectivity index (χ3n) is 2.77. The Hall–Kier alpha value is -2.14. The highest BCUT2D eigenvalue weighted by atomic mass is 32.2. The summed E-state index contributed by atoms with van der Waals surface area (Å²) < 4.78 is 15.7. The number of allylic oxidation sites excluding steroid dienone is 2. The summed E-state index contributed by atoms with van der Waals surface area (Å²) in [6, 6.07) is 7.74. The van der Waals surface area contributed by atoms with Crippen molar-refractivity contribution in [2.45, 2.75) is 5.03 Å². The smallest absolute Gasteiger partial charge is 0.231 e. The third kappa shape index (κ3) is 2.88. The van der Waals surface area contributed by atoms with Crippen LogP contribution in [0.5, 0.6) is 11.5 Å². The Balaban J connectivity index is 1.65. The van der Waals surface area contributed by atoms with Gasteiger partial charge >= 0.3 is 0 Å². The van der Waals surface area contributed by atoms with Crippen LogP contribution in [0.2, 0.25) is 0 Å². The second kappa shape index (κ2) is 5.88. The van der Waals surface area contributed by atoms with Gasteiger partial charge in [-0.2, -0.15) is 0 Å². The number of fused-ring (bicyclic) bond motifs is 1. The summed E-state index contributed by atoms with van der Waals surface area (Å²) in [4.78, 5) is 0. The minimum absolute atomic E-state index is 0.297. The zero-order valence-corrected chi connectivity index (χ0v) is 11.7. The standard InChI is InChI=1S/C15H13NO3S/c1-20-15-9-12(19-16-15)5-3-2-4-11-6-7-13-14(8-11)18-10-17-13/h2-9H,10H2,1H3/b4-2+,5-3+. The molecule has 3 rings (SSSR count). The lowest BCUT2D eigenvalue weighted by Crippen LogP contribution is -1.92. The van der Waals surface area contributed by atoms with Crippen molar-refractivity contribution in [3.8, 4) is 11.5 Å². The van der Waals surface area contributed by atoms with E-state index in [1.54, 1.807) is 11.8 Å². The first-order chi connectivity index (χ1) is 9.85. The van der Waals surface area contributed by atoms with E-state index < -0.39 is 0 Å². The number of hydrogen-bond acceptors (Lipinski definition) is 5. The molecule has 0 atom stereocenters. The van der Waals surface area contributed by atoms with Crippen molar-refractivity contribution in [1.82, 2.24) is 5.16 Å². The van der Waals surface area contributed by atoms with Crippen LogP contribution in [0.4, 0.5) is 0 Å². The summed E-state index contributed by atoms with van der Waals surface area (Å²) in [5, 5.41) is 4.77. The van der Waals surface area contributed by atoms with Crippen LogP contribution < -0.4 is 9.47 Å². The maximum Gasteiger partial charge on any atom is 0.231 e. The zero-order valence-electron chi connectivity index (χ0n) is 10.9. The Labute approximate surface area is 121 Å². The van der Waals surface area contributed by atoms with E-state index in [0.29, 0.717) is 6.79 Å². The molecule has 1 aromatic heterocycles. The Kier molecular flexibility index (Phi) is 3.78. The van der Waals surface area contributed by atoms with Gasteiger partial charge in [-0.1, -0.05) is 29.5 Å². The number of aromatic nitrogens is 1. The molecule has 0 radical (unpaired) electrons. The molecule has 2 aromatic rings. The average Bonchev–Trinajstić information content (AvgIpc) is 3.11. The van der Waals surface area contributed by atoms with Gasteiger partial charge in [0.15, 0.2) is 17.3 Å². The Morgan fingerprint density at radius 3 is 2.80 bits per heavy atom. The number of benzene rings is 1. The van der Waals surface area contributed by atoms with Gasteiger partial charge in [-0.25, -0.2) is 0 Å². The molecule has 0 saturated carbocycles. The van der Waals surface area contributed by atoms with Crippen LogP contribution in [-0.4, -0.2) is 18.2 Å². The summed E-state index contributed by atoms with van der Waals surface area (Å²) in [6.07, 6.45) is 9.68. The zero-order chi connectivity index (χ0) is 13.8. The van der Waals surface area contributed by atoms with Crippen LogP contribution in [0.1, 0.15) is 11.3 Å². The minimum atomic E-state index is 0.297. The van der Waals surface area contributed by atoms with E-state index >= 15 is 0 Å². The van der Waals surface area contributed by atoms with Gasteiger partial charge in [-0.05, 0) is 30.0 Å². The van der Waals surface area contributed by atoms with Crippen molar-refractivity contribution in [1.29, 1.82) is 0 Å². The van der Waals surface area contributed by atoms with E-state index in [2.05, 4.69) is 5.16 Å². The summed E-state index contributed by atoms with van der Waals surface area (Å²) in [7, 11) is 0. The average molecular weight is 287 g/mol. The van der Waals surface area contributed by atoms with Crippen molar-refractivity contribution in [3.63, 3.8) is 0 Å². The fourth-order valence-electron chi connectivity index (χ4n) is 1.78. The molecule has 0 bridgehead atoms. The summed E-state index contributed by atoms with van der Waals surface area (Å²) in [5.74, 6) is 2.32. The first-order valence-corrected chi connectivity index (χ1v) is 7.33. The number of thioether (sulfide) groups is 1. The van der Waals surface area contributed by atoms with Crippen LogP contribution in [0.15, 0.2) is 46.0 Å². The molecule has 0 N–H and O–H groups in total. The number of hydrogen-bond donors (Lipinski definition) is 0. The molecule has 102 valence electrons. The second-order valence-corrected chi connectivity index (χ2v) is 4.93. The van der Waals surface area contributed by atoms with Crippen molar-refractivity contribution in [2.24, 2.45) is 0 Å². The fraction of sp³-hybridized carbons (Fsp3) is 0.133. The molecule has 0 unspecified atom stereocenters. The lowest BCUT2D eigenvalue weighted by atomic mass is 10.2. The van der Waals surface area contributed by atoms with Crippen molar-refractivity contribution >= 4 is 23.9 Å². The van der Waals surface area contributed by atoms with Crippen LogP contribution in [0.25, 0.3) is 12.2 Å². The van der Waals surface area contributed by atoms with Crippen molar-refractivity contribution in [2.75, 3.05) is 13.0 Å². The molecule has 2 heterocycles. The Morgan fingerprint density at radius 1 is 1.10 bits per heavy atom. The second-order valence-electron chi connectivity index (χ2n) is 4.10. The molecular formula is C15H13NO3S. The highest BCUT2D eigenvalue weighted by molar-refractivity contribution is 7.98. The molecule has 0 amide bonds. The van der Waals surface area contributed by atoms with E-state index in [0.717, 1.165) is 27.8 Å². The highest BCUT2D eigenvalue weighted by Crippen LogP contribution is 2.32. The fourth-order valence-corrected chi connectivity index (χ4v) is 2.13. The van der Waals surface area contributed by atoms with Crippen LogP contribution in [0.3, 0.4) is 0 Å². The molecule has 0 spiro atoms. The Morgan fingerprint density at radius 2 is 1.95 bits per heavy atom. The lowest BCUT2D eigenvalue weighted by Gasteiger charge is -1.96. The third-order valence-corrected chi connectivity index (χ3v) is 3.38. The molecule has 0 aliphatic carbocycles. The van der Waals surface area contributed by atoms with E-state index in [4.69, 9.17) is 14.0 Å². The van der Waals surface area contributed by atoms with E-state index in [9.17, 15) is 0 Å². The highest BCUT2D eigenvalue weighted by Gasteiger charge is 2.11. The molecule has 0 saturated heterocycles. The van der Waals surface area contributed by atoms with E-state index in [1.165, 1.54) is 0 Å². The lowest BCUT2D eigenvalue weighted by molar-refractivity contribution is 0.174. The van der Waals surface area contributed by atoms with Gasteiger partial charge in [0.05, 0.1) is 0 Å². The SMILES string of the molecule is CSc1cc(/C=C/C=C/c2ccc3c(c2)OCO3)on1. The molecule has 4 nitrogen and oxygen atoms in total. The van der Waals surface area contributed by atoms with Gasteiger partial charge < -0.3 is 14.0 Å². The first kappa shape index (κ1) is 12.9. The number of ether oxygens (including phenoxy) is 2. The summed E-state index contributed by atoms with van der Waals surface area (Å²) >= 11 is 1.55. The minimum Gasteiger partial charge on any atom is -0.454 e. The van der Waals surface area contributed by atoms with Crippen LogP contribution in [0, 0.1) is 0 Å². The number of nitrogens with zero attached hydrogens (tertiary/aromatic N) is 1. The normalized spacial score (nSPS) is 13.7. The van der Waals surface area contributed by atoms with Crippen LogP contribution in [-0.2, 0) is 0 Å². The van der Waals surface area contributed by atoms with Gasteiger partial charge in [0.1, 0.15) is 5.03 Å². The molecule has 1 aliphatic heterocycles. The molecule has 0 fully saturated rings. The van der Waals surface area contributed by atoms with E-state index in [1.807, 2.05) is 54.8 Å². The van der Waals surface area contributed by atoms with Crippen molar-refractivity contribution < 1.29 is 14.0 Å². The van der Waals surface area contributed by atoms with Gasteiger partial charge in [0.25, 0.3) is 0 Å². The molecule has 1 aliphatic rings. The quantitative estimate of drug-likeness (QED) is 0.631. The van der Waals surface area contributed by atoms with Gasteiger partial charge in [0.2, 0.25) is 6.79 Å². The van der Waals surface area contributed by atoms with Gasteiger partial charge in [0, 0.05) is 6.07 Å². The molecule has 5 heteroatoms.